The van der Waals surface area contributed by atoms with E-state index in [0.717, 1.165) is 0 Å². The van der Waals surface area contributed by atoms with Crippen LogP contribution in [0.2, 0.25) is 0 Å². The van der Waals surface area contributed by atoms with Crippen LogP contribution in [0.15, 0.2) is 0 Å². The topological polar surface area (TPSA) is 98.7 Å². The van der Waals surface area contributed by atoms with E-state index < -0.39 is 12.0 Å². The molecule has 0 bridgehead atoms. The minimum atomic E-state index is -1.02. The summed E-state index contributed by atoms with van der Waals surface area (Å²) < 4.78 is 0. The van der Waals surface area contributed by atoms with E-state index in [1.54, 1.807) is 18.9 Å². The molecular weight excluding hydrogens is 274 g/mol. The Morgan fingerprint density at radius 2 is 1.86 bits per heavy atom. The van der Waals surface area contributed by atoms with Crippen molar-refractivity contribution in [1.82, 2.24) is 15.5 Å². The number of carboxylic acid groups (broad SMARTS) is 1. The molecule has 1 heterocycles. The molecular formula is C14H25N3O4. The summed E-state index contributed by atoms with van der Waals surface area (Å²) in [4.78, 5) is 36.5. The first kappa shape index (κ1) is 17.3. The Bertz CT molecular complexity index is 392. The van der Waals surface area contributed by atoms with E-state index in [4.69, 9.17) is 0 Å². The van der Waals surface area contributed by atoms with Gasteiger partial charge in [-0.1, -0.05) is 20.3 Å². The Labute approximate surface area is 125 Å². The summed E-state index contributed by atoms with van der Waals surface area (Å²) in [6.45, 7) is 4.63. The molecule has 0 spiro atoms. The van der Waals surface area contributed by atoms with Crippen molar-refractivity contribution in [1.29, 1.82) is 0 Å². The van der Waals surface area contributed by atoms with Crippen molar-refractivity contribution in [3.05, 3.63) is 0 Å². The van der Waals surface area contributed by atoms with Gasteiger partial charge in [0.2, 0.25) is 5.91 Å². The number of carbonyl (C=O) groups excluding carboxylic acids is 2. The zero-order valence-corrected chi connectivity index (χ0v) is 12.9. The Morgan fingerprint density at radius 1 is 1.29 bits per heavy atom. The summed E-state index contributed by atoms with van der Waals surface area (Å²) in [5.74, 6) is -1.21. The average molecular weight is 299 g/mol. The summed E-state index contributed by atoms with van der Waals surface area (Å²) in [7, 11) is 1.60. The minimum Gasteiger partial charge on any atom is -0.480 e. The van der Waals surface area contributed by atoms with E-state index in [1.165, 1.54) is 0 Å². The number of likely N-dealkylation sites (tertiary alicyclic amines) is 1. The van der Waals surface area contributed by atoms with Gasteiger partial charge in [0, 0.05) is 26.1 Å². The van der Waals surface area contributed by atoms with E-state index in [2.05, 4.69) is 10.6 Å². The van der Waals surface area contributed by atoms with Gasteiger partial charge in [-0.2, -0.15) is 0 Å². The highest BCUT2D eigenvalue weighted by Crippen LogP contribution is 2.18. The van der Waals surface area contributed by atoms with Gasteiger partial charge in [-0.25, -0.2) is 9.59 Å². The second kappa shape index (κ2) is 7.85. The first-order valence-corrected chi connectivity index (χ1v) is 7.40. The molecule has 0 aliphatic carbocycles. The first-order valence-electron chi connectivity index (χ1n) is 7.40. The first-order chi connectivity index (χ1) is 9.90. The molecule has 21 heavy (non-hydrogen) atoms. The molecule has 1 saturated heterocycles. The number of piperidine rings is 1. The van der Waals surface area contributed by atoms with Crippen molar-refractivity contribution < 1.29 is 19.5 Å². The van der Waals surface area contributed by atoms with Crippen LogP contribution >= 0.6 is 0 Å². The molecule has 0 radical (unpaired) electrons. The normalized spacial score (nSPS) is 18.7. The quantitative estimate of drug-likeness (QED) is 0.694. The van der Waals surface area contributed by atoms with Gasteiger partial charge >= 0.3 is 12.0 Å². The molecule has 3 amide bonds. The van der Waals surface area contributed by atoms with Crippen LogP contribution in [0.25, 0.3) is 0 Å². The third-order valence-electron chi connectivity index (χ3n) is 4.16. The van der Waals surface area contributed by atoms with Crippen molar-refractivity contribution in [2.24, 2.45) is 11.8 Å². The number of amides is 3. The fraction of sp³-hybridized carbons (Fsp3) is 0.786. The maximum atomic E-state index is 12.1. The molecule has 7 heteroatoms. The van der Waals surface area contributed by atoms with Gasteiger partial charge in [-0.15, -0.1) is 0 Å². The van der Waals surface area contributed by atoms with Gasteiger partial charge in [0.25, 0.3) is 0 Å². The molecule has 1 aliphatic rings. The molecule has 7 nitrogen and oxygen atoms in total. The highest BCUT2D eigenvalue weighted by molar-refractivity contribution is 5.83. The fourth-order valence-electron chi connectivity index (χ4n) is 2.46. The second-order valence-corrected chi connectivity index (χ2v) is 5.53. The lowest BCUT2D eigenvalue weighted by Crippen LogP contribution is -2.52. The Morgan fingerprint density at radius 3 is 2.29 bits per heavy atom. The maximum absolute atomic E-state index is 12.1. The van der Waals surface area contributed by atoms with Crippen LogP contribution in [-0.4, -0.2) is 54.1 Å². The number of hydrogen-bond donors (Lipinski definition) is 3. The van der Waals surface area contributed by atoms with E-state index in [9.17, 15) is 19.5 Å². The van der Waals surface area contributed by atoms with Gasteiger partial charge in [-0.3, -0.25) is 4.79 Å². The highest BCUT2D eigenvalue weighted by Gasteiger charge is 2.30. The van der Waals surface area contributed by atoms with Crippen LogP contribution in [0.4, 0.5) is 4.79 Å². The third kappa shape index (κ3) is 4.61. The Hall–Kier alpha value is -1.79. The molecule has 2 atom stereocenters. The predicted octanol–water partition coefficient (Wildman–Crippen LogP) is 0.653. The SMILES string of the molecule is CC[C@H](C)[C@H](NC(=O)N1CCC(C(=O)NC)CC1)C(=O)O. The largest absolute Gasteiger partial charge is 0.480 e. The Kier molecular flexibility index (Phi) is 6.45. The van der Waals surface area contributed by atoms with E-state index in [-0.39, 0.29) is 23.8 Å². The molecule has 0 aromatic carbocycles. The summed E-state index contributed by atoms with van der Waals surface area (Å²) in [5, 5.41) is 14.4. The summed E-state index contributed by atoms with van der Waals surface area (Å²) in [6, 6.07) is -1.24. The van der Waals surface area contributed by atoms with Crippen molar-refractivity contribution >= 4 is 17.9 Å². The number of nitrogens with zero attached hydrogens (tertiary/aromatic N) is 1. The van der Waals surface area contributed by atoms with Crippen LogP contribution in [0.1, 0.15) is 33.1 Å². The summed E-state index contributed by atoms with van der Waals surface area (Å²) in [6.07, 6.45) is 1.89. The predicted molar refractivity (Wildman–Crippen MR) is 77.8 cm³/mol. The fourth-order valence-corrected chi connectivity index (χ4v) is 2.46. The van der Waals surface area contributed by atoms with Gasteiger partial charge < -0.3 is 20.6 Å². The highest BCUT2D eigenvalue weighted by atomic mass is 16.4. The molecule has 1 fully saturated rings. The number of urea groups is 1. The maximum Gasteiger partial charge on any atom is 0.326 e. The molecule has 120 valence electrons. The number of carbonyl (C=O) groups is 3. The van der Waals surface area contributed by atoms with Crippen molar-refractivity contribution in [2.75, 3.05) is 20.1 Å². The number of hydrogen-bond acceptors (Lipinski definition) is 3. The molecule has 0 unspecified atom stereocenters. The minimum absolute atomic E-state index is 0.00178. The number of nitrogens with one attached hydrogen (secondary N) is 2. The summed E-state index contributed by atoms with van der Waals surface area (Å²) in [5.41, 5.74) is 0. The molecule has 1 aliphatic heterocycles. The lowest BCUT2D eigenvalue weighted by atomic mass is 9.96. The molecule has 0 aromatic rings. The number of rotatable bonds is 5. The summed E-state index contributed by atoms with van der Waals surface area (Å²) >= 11 is 0. The third-order valence-corrected chi connectivity index (χ3v) is 4.16. The van der Waals surface area contributed by atoms with Gasteiger partial charge in [-0.05, 0) is 18.8 Å². The van der Waals surface area contributed by atoms with E-state index >= 15 is 0 Å². The lowest BCUT2D eigenvalue weighted by molar-refractivity contribution is -0.140. The lowest BCUT2D eigenvalue weighted by Gasteiger charge is -2.32. The molecule has 1 rings (SSSR count). The van der Waals surface area contributed by atoms with Gasteiger partial charge in [0.1, 0.15) is 6.04 Å². The van der Waals surface area contributed by atoms with Crippen LogP contribution in [0, 0.1) is 11.8 Å². The average Bonchev–Trinajstić information content (AvgIpc) is 2.50. The zero-order chi connectivity index (χ0) is 16.0. The van der Waals surface area contributed by atoms with Gasteiger partial charge in [0.15, 0.2) is 0 Å². The number of carboxylic acids is 1. The molecule has 0 saturated carbocycles. The zero-order valence-electron chi connectivity index (χ0n) is 12.9. The van der Waals surface area contributed by atoms with E-state index in [1.807, 2.05) is 6.92 Å². The smallest absolute Gasteiger partial charge is 0.326 e. The second-order valence-electron chi connectivity index (χ2n) is 5.53. The van der Waals surface area contributed by atoms with Crippen molar-refractivity contribution in [3.63, 3.8) is 0 Å². The standard InChI is InChI=1S/C14H25N3O4/c1-4-9(2)11(13(19)20)16-14(21)17-7-5-10(6-8-17)12(18)15-3/h9-11H,4-8H2,1-3H3,(H,15,18)(H,16,21)(H,19,20)/t9-,11-/m0/s1. The Balaban J connectivity index is 2.53. The van der Waals surface area contributed by atoms with Crippen LogP contribution in [-0.2, 0) is 9.59 Å². The van der Waals surface area contributed by atoms with Gasteiger partial charge in [0.05, 0.1) is 0 Å². The van der Waals surface area contributed by atoms with Crippen LogP contribution in [0.5, 0.6) is 0 Å². The van der Waals surface area contributed by atoms with E-state index in [0.29, 0.717) is 32.4 Å². The monoisotopic (exact) mass is 299 g/mol. The van der Waals surface area contributed by atoms with Crippen LogP contribution in [0.3, 0.4) is 0 Å². The van der Waals surface area contributed by atoms with Crippen LogP contribution < -0.4 is 10.6 Å². The molecule has 0 aromatic heterocycles. The number of aliphatic carboxylic acids is 1. The van der Waals surface area contributed by atoms with Crippen molar-refractivity contribution in [3.8, 4) is 0 Å². The molecule has 3 N–H and O–H groups in total. The van der Waals surface area contributed by atoms with Crippen molar-refractivity contribution in [2.45, 2.75) is 39.2 Å².